The maximum Gasteiger partial charge on any atom is 0.305 e. The van der Waals surface area contributed by atoms with Crippen molar-refractivity contribution in [1.29, 1.82) is 0 Å². The van der Waals surface area contributed by atoms with Gasteiger partial charge in [0.05, 0.1) is 12.5 Å². The number of piperazine rings is 1. The highest BCUT2D eigenvalue weighted by atomic mass is 35.5. The number of carbonyl (C=O) groups is 2. The Morgan fingerprint density at radius 3 is 2.76 bits per heavy atom. The molecular formula is C15H19ClN2O3. The number of aliphatic carboxylic acids is 1. The van der Waals surface area contributed by atoms with Crippen LogP contribution in [0.1, 0.15) is 18.9 Å². The van der Waals surface area contributed by atoms with Crippen LogP contribution in [0, 0.1) is 0 Å². The Morgan fingerprint density at radius 2 is 2.14 bits per heavy atom. The highest BCUT2D eigenvalue weighted by Crippen LogP contribution is 2.18. The summed E-state index contributed by atoms with van der Waals surface area (Å²) in [5, 5.41) is 12.4. The van der Waals surface area contributed by atoms with E-state index < -0.39 is 12.0 Å². The lowest BCUT2D eigenvalue weighted by Crippen LogP contribution is -2.58. The van der Waals surface area contributed by atoms with E-state index in [9.17, 15) is 9.59 Å². The summed E-state index contributed by atoms with van der Waals surface area (Å²) < 4.78 is 0. The molecule has 1 aliphatic rings. The Morgan fingerprint density at radius 1 is 1.48 bits per heavy atom. The topological polar surface area (TPSA) is 69.6 Å². The van der Waals surface area contributed by atoms with Crippen LogP contribution in [0.25, 0.3) is 0 Å². The Bertz CT molecular complexity index is 518. The van der Waals surface area contributed by atoms with Gasteiger partial charge in [0.1, 0.15) is 0 Å². The maximum atomic E-state index is 11.9. The van der Waals surface area contributed by atoms with Gasteiger partial charge in [-0.2, -0.15) is 0 Å². The van der Waals surface area contributed by atoms with Crippen LogP contribution in [-0.4, -0.2) is 47.1 Å². The first-order chi connectivity index (χ1) is 9.97. The molecule has 1 amide bonds. The summed E-state index contributed by atoms with van der Waals surface area (Å²) >= 11 is 5.87. The minimum absolute atomic E-state index is 0.0848. The molecule has 5 nitrogen and oxygen atoms in total. The molecule has 0 spiro atoms. The standard InChI is InChI=1S/C15H19ClN2O3/c1-10(8-11-2-4-12(16)5-3-11)18-7-6-17-15(21)13(18)9-14(19)20/h2-5,10,13H,6-9H2,1H3,(H,17,21)(H,19,20). The number of rotatable bonds is 5. The molecule has 2 N–H and O–H groups in total. The Balaban J connectivity index is 2.07. The van der Waals surface area contributed by atoms with Gasteiger partial charge in [0.25, 0.3) is 0 Å². The van der Waals surface area contributed by atoms with E-state index >= 15 is 0 Å². The second-order valence-corrected chi connectivity index (χ2v) is 5.76. The van der Waals surface area contributed by atoms with E-state index in [1.54, 1.807) is 0 Å². The molecule has 0 bridgehead atoms. The van der Waals surface area contributed by atoms with E-state index in [0.717, 1.165) is 12.0 Å². The third-order valence-electron chi connectivity index (χ3n) is 3.75. The molecule has 0 aliphatic carbocycles. The molecule has 0 saturated carbocycles. The number of halogens is 1. The summed E-state index contributed by atoms with van der Waals surface area (Å²) in [5.41, 5.74) is 1.12. The molecule has 2 unspecified atom stereocenters. The summed E-state index contributed by atoms with van der Waals surface area (Å²) in [6.45, 7) is 3.24. The van der Waals surface area contributed by atoms with Gasteiger partial charge in [-0.3, -0.25) is 14.5 Å². The SMILES string of the molecule is CC(Cc1ccc(Cl)cc1)N1CCNC(=O)C1CC(=O)O. The number of nitrogens with zero attached hydrogens (tertiary/aromatic N) is 1. The molecule has 1 aromatic rings. The molecule has 2 rings (SSSR count). The first-order valence-corrected chi connectivity index (χ1v) is 7.35. The smallest absolute Gasteiger partial charge is 0.305 e. The minimum atomic E-state index is -0.958. The van der Waals surface area contributed by atoms with Crippen LogP contribution >= 0.6 is 11.6 Å². The first-order valence-electron chi connectivity index (χ1n) is 6.97. The summed E-state index contributed by atoms with van der Waals surface area (Å²) in [5.74, 6) is -1.16. The second-order valence-electron chi connectivity index (χ2n) is 5.32. The lowest BCUT2D eigenvalue weighted by atomic mass is 10.0. The molecule has 1 heterocycles. The molecule has 1 aromatic carbocycles. The summed E-state index contributed by atoms with van der Waals surface area (Å²) in [6, 6.07) is 7.06. The van der Waals surface area contributed by atoms with Crippen molar-refractivity contribution in [3.05, 3.63) is 34.9 Å². The van der Waals surface area contributed by atoms with Crippen molar-refractivity contribution < 1.29 is 14.7 Å². The zero-order valence-corrected chi connectivity index (χ0v) is 12.6. The van der Waals surface area contributed by atoms with Gasteiger partial charge in [-0.25, -0.2) is 0 Å². The number of nitrogens with one attached hydrogen (secondary N) is 1. The number of hydrogen-bond acceptors (Lipinski definition) is 3. The second kappa shape index (κ2) is 6.91. The van der Waals surface area contributed by atoms with Crippen molar-refractivity contribution in [2.24, 2.45) is 0 Å². The third kappa shape index (κ3) is 4.19. The van der Waals surface area contributed by atoms with Gasteiger partial charge in [-0.05, 0) is 31.0 Å². The van der Waals surface area contributed by atoms with Crippen molar-refractivity contribution in [3.8, 4) is 0 Å². The van der Waals surface area contributed by atoms with E-state index in [2.05, 4.69) is 5.32 Å². The largest absolute Gasteiger partial charge is 0.481 e. The van der Waals surface area contributed by atoms with Crippen molar-refractivity contribution in [3.63, 3.8) is 0 Å². The van der Waals surface area contributed by atoms with Gasteiger partial charge in [0, 0.05) is 24.2 Å². The number of hydrogen-bond donors (Lipinski definition) is 2. The average molecular weight is 311 g/mol. The normalized spacial score (nSPS) is 20.9. The van der Waals surface area contributed by atoms with Crippen LogP contribution in [0.15, 0.2) is 24.3 Å². The highest BCUT2D eigenvalue weighted by molar-refractivity contribution is 6.30. The zero-order valence-electron chi connectivity index (χ0n) is 11.9. The van der Waals surface area contributed by atoms with Crippen molar-refractivity contribution in [2.75, 3.05) is 13.1 Å². The maximum absolute atomic E-state index is 11.9. The van der Waals surface area contributed by atoms with Gasteiger partial charge in [0.2, 0.25) is 5.91 Å². The summed E-state index contributed by atoms with van der Waals surface area (Å²) in [6.07, 6.45) is 0.581. The van der Waals surface area contributed by atoms with Gasteiger partial charge in [-0.15, -0.1) is 0 Å². The van der Waals surface area contributed by atoms with Crippen LogP contribution < -0.4 is 5.32 Å². The highest BCUT2D eigenvalue weighted by Gasteiger charge is 2.34. The van der Waals surface area contributed by atoms with Gasteiger partial charge in [0.15, 0.2) is 0 Å². The quantitative estimate of drug-likeness (QED) is 0.865. The zero-order chi connectivity index (χ0) is 15.4. The fourth-order valence-corrected chi connectivity index (χ4v) is 2.84. The molecule has 1 fully saturated rings. The van der Waals surface area contributed by atoms with E-state index in [1.165, 1.54) is 0 Å². The number of amides is 1. The molecule has 6 heteroatoms. The fraction of sp³-hybridized carbons (Fsp3) is 0.467. The Hall–Kier alpha value is -1.59. The van der Waals surface area contributed by atoms with Crippen LogP contribution in [0.2, 0.25) is 5.02 Å². The number of benzene rings is 1. The van der Waals surface area contributed by atoms with E-state index in [1.807, 2.05) is 36.1 Å². The fourth-order valence-electron chi connectivity index (χ4n) is 2.71. The first kappa shape index (κ1) is 15.8. The summed E-state index contributed by atoms with van der Waals surface area (Å²) in [7, 11) is 0. The molecule has 1 saturated heterocycles. The predicted octanol–water partition coefficient (Wildman–Crippen LogP) is 1.55. The predicted molar refractivity (Wildman–Crippen MR) is 80.4 cm³/mol. The Kier molecular flexibility index (Phi) is 5.20. The Labute approximate surface area is 128 Å². The van der Waals surface area contributed by atoms with Crippen LogP contribution in [0.4, 0.5) is 0 Å². The lowest BCUT2D eigenvalue weighted by Gasteiger charge is -2.38. The van der Waals surface area contributed by atoms with Crippen molar-refractivity contribution >= 4 is 23.5 Å². The molecule has 1 aliphatic heterocycles. The number of carboxylic acids is 1. The van der Waals surface area contributed by atoms with Crippen molar-refractivity contribution in [2.45, 2.75) is 31.8 Å². The third-order valence-corrected chi connectivity index (χ3v) is 4.00. The van der Waals surface area contributed by atoms with Crippen LogP contribution in [0.5, 0.6) is 0 Å². The number of carboxylic acid groups (broad SMARTS) is 1. The molecule has 0 radical (unpaired) electrons. The van der Waals surface area contributed by atoms with Crippen LogP contribution in [-0.2, 0) is 16.0 Å². The lowest BCUT2D eigenvalue weighted by molar-refractivity contribution is -0.143. The van der Waals surface area contributed by atoms with Gasteiger partial charge in [-0.1, -0.05) is 23.7 Å². The molecule has 0 aromatic heterocycles. The summed E-state index contributed by atoms with van der Waals surface area (Å²) in [4.78, 5) is 24.8. The molecule has 114 valence electrons. The van der Waals surface area contributed by atoms with Gasteiger partial charge < -0.3 is 10.4 Å². The van der Waals surface area contributed by atoms with Crippen LogP contribution in [0.3, 0.4) is 0 Å². The number of carbonyl (C=O) groups excluding carboxylic acids is 1. The minimum Gasteiger partial charge on any atom is -0.481 e. The van der Waals surface area contributed by atoms with Gasteiger partial charge >= 0.3 is 5.97 Å². The monoisotopic (exact) mass is 310 g/mol. The van der Waals surface area contributed by atoms with E-state index in [4.69, 9.17) is 16.7 Å². The molecular weight excluding hydrogens is 292 g/mol. The van der Waals surface area contributed by atoms with E-state index in [0.29, 0.717) is 18.1 Å². The molecule has 2 atom stereocenters. The van der Waals surface area contributed by atoms with E-state index in [-0.39, 0.29) is 18.4 Å². The average Bonchev–Trinajstić information content (AvgIpc) is 2.43. The van der Waals surface area contributed by atoms with Crippen molar-refractivity contribution in [1.82, 2.24) is 10.2 Å². The molecule has 21 heavy (non-hydrogen) atoms.